The predicted molar refractivity (Wildman–Crippen MR) is 74.9 cm³/mol. The molecule has 1 aliphatic rings. The fourth-order valence-electron chi connectivity index (χ4n) is 1.92. The third-order valence-corrected chi connectivity index (χ3v) is 2.93. The molecule has 22 heavy (non-hydrogen) atoms. The molecule has 6 nitrogen and oxygen atoms in total. The van der Waals surface area contributed by atoms with Gasteiger partial charge in [0, 0.05) is 6.07 Å². The Morgan fingerprint density at radius 3 is 2.86 bits per heavy atom. The van der Waals surface area contributed by atoms with E-state index in [9.17, 15) is 4.79 Å². The minimum Gasteiger partial charge on any atom is -0.481 e. The van der Waals surface area contributed by atoms with Crippen molar-refractivity contribution in [1.82, 2.24) is 0 Å². The van der Waals surface area contributed by atoms with E-state index in [-0.39, 0.29) is 13.4 Å². The fraction of sp³-hybridized carbons (Fsp3) is 0.125. The molecule has 0 bridgehead atoms. The first kappa shape index (κ1) is 13.8. The molecule has 0 saturated carbocycles. The first-order valence-electron chi connectivity index (χ1n) is 6.48. The summed E-state index contributed by atoms with van der Waals surface area (Å²) in [5.41, 5.74) is 0.360. The highest BCUT2D eigenvalue weighted by Crippen LogP contribution is 2.35. The van der Waals surface area contributed by atoms with Crippen molar-refractivity contribution < 1.29 is 23.7 Å². The first-order chi connectivity index (χ1) is 10.8. The molecular formula is C16H11NO5. The first-order valence-corrected chi connectivity index (χ1v) is 6.48. The predicted octanol–water partition coefficient (Wildman–Crippen LogP) is 2.27. The van der Waals surface area contributed by atoms with Gasteiger partial charge >= 0.3 is 5.97 Å². The number of para-hydroxylation sites is 1. The minimum absolute atomic E-state index is 0.154. The number of nitrogens with zero attached hydrogens (tertiary/aromatic N) is 1. The number of carbonyl (C=O) groups is 1. The highest BCUT2D eigenvalue weighted by atomic mass is 16.7. The third kappa shape index (κ3) is 2.94. The van der Waals surface area contributed by atoms with Gasteiger partial charge in [0.1, 0.15) is 17.6 Å². The van der Waals surface area contributed by atoms with Gasteiger partial charge < -0.3 is 18.9 Å². The van der Waals surface area contributed by atoms with Gasteiger partial charge in [-0.3, -0.25) is 0 Å². The van der Waals surface area contributed by atoms with Crippen molar-refractivity contribution in [1.29, 1.82) is 5.26 Å². The molecule has 0 spiro atoms. The molecule has 110 valence electrons. The number of rotatable bonds is 4. The van der Waals surface area contributed by atoms with Crippen molar-refractivity contribution in [2.45, 2.75) is 0 Å². The molecule has 2 aromatic carbocycles. The Kier molecular flexibility index (Phi) is 3.79. The summed E-state index contributed by atoms with van der Waals surface area (Å²) < 4.78 is 20.8. The lowest BCUT2D eigenvalue weighted by atomic mass is 10.2. The van der Waals surface area contributed by atoms with Crippen LogP contribution in [0.3, 0.4) is 0 Å². The van der Waals surface area contributed by atoms with Crippen LogP contribution in [-0.4, -0.2) is 19.4 Å². The van der Waals surface area contributed by atoms with Crippen molar-refractivity contribution in [3.8, 4) is 29.1 Å². The Hall–Kier alpha value is -3.20. The average molecular weight is 297 g/mol. The van der Waals surface area contributed by atoms with E-state index >= 15 is 0 Å². The van der Waals surface area contributed by atoms with Gasteiger partial charge in [-0.1, -0.05) is 12.1 Å². The Bertz CT molecular complexity index is 750. The number of fused-ring (bicyclic) bond motifs is 1. The van der Waals surface area contributed by atoms with Crippen LogP contribution in [0.2, 0.25) is 0 Å². The molecule has 3 rings (SSSR count). The van der Waals surface area contributed by atoms with E-state index in [0.29, 0.717) is 28.6 Å². The molecule has 0 aromatic heterocycles. The van der Waals surface area contributed by atoms with E-state index in [1.54, 1.807) is 42.5 Å². The number of hydrogen-bond acceptors (Lipinski definition) is 6. The number of ether oxygens (including phenoxy) is 4. The second-order valence-corrected chi connectivity index (χ2v) is 4.39. The second-order valence-electron chi connectivity index (χ2n) is 4.39. The van der Waals surface area contributed by atoms with E-state index in [4.69, 9.17) is 24.2 Å². The molecule has 0 N–H and O–H groups in total. The maximum absolute atomic E-state index is 11.8. The molecule has 0 unspecified atom stereocenters. The van der Waals surface area contributed by atoms with Gasteiger partial charge in [0.25, 0.3) is 0 Å². The molecular weight excluding hydrogens is 286 g/mol. The topological polar surface area (TPSA) is 77.8 Å². The van der Waals surface area contributed by atoms with Crippen LogP contribution < -0.4 is 18.9 Å². The van der Waals surface area contributed by atoms with Crippen LogP contribution in [0.1, 0.15) is 5.56 Å². The van der Waals surface area contributed by atoms with Gasteiger partial charge in [-0.15, -0.1) is 0 Å². The summed E-state index contributed by atoms with van der Waals surface area (Å²) in [6, 6.07) is 13.5. The van der Waals surface area contributed by atoms with Crippen molar-refractivity contribution in [2.24, 2.45) is 0 Å². The van der Waals surface area contributed by atoms with E-state index < -0.39 is 5.97 Å². The quantitative estimate of drug-likeness (QED) is 0.636. The van der Waals surface area contributed by atoms with Crippen LogP contribution in [0.4, 0.5) is 0 Å². The summed E-state index contributed by atoms with van der Waals surface area (Å²) in [6.07, 6.45) is 0. The zero-order valence-corrected chi connectivity index (χ0v) is 11.4. The number of esters is 1. The molecule has 6 heteroatoms. The van der Waals surface area contributed by atoms with Crippen molar-refractivity contribution in [3.05, 3.63) is 48.0 Å². The summed E-state index contributed by atoms with van der Waals surface area (Å²) in [4.78, 5) is 11.8. The van der Waals surface area contributed by atoms with Gasteiger partial charge in [0.2, 0.25) is 6.79 Å². The summed E-state index contributed by atoms with van der Waals surface area (Å²) >= 11 is 0. The molecule has 0 radical (unpaired) electrons. The van der Waals surface area contributed by atoms with Gasteiger partial charge in [-0.05, 0) is 24.3 Å². The molecule has 0 atom stereocenters. The second kappa shape index (κ2) is 6.06. The molecule has 0 fully saturated rings. The van der Waals surface area contributed by atoms with Crippen LogP contribution in [0.25, 0.3) is 0 Å². The lowest BCUT2D eigenvalue weighted by Gasteiger charge is -2.08. The normalized spacial score (nSPS) is 11.6. The number of hydrogen-bond donors (Lipinski definition) is 0. The molecule has 2 aromatic rings. The Labute approximate surface area is 126 Å². The lowest BCUT2D eigenvalue weighted by molar-refractivity contribution is -0.136. The van der Waals surface area contributed by atoms with Gasteiger partial charge in [0.05, 0.1) is 5.56 Å². The molecule has 1 heterocycles. The van der Waals surface area contributed by atoms with Crippen LogP contribution in [0.15, 0.2) is 42.5 Å². The van der Waals surface area contributed by atoms with Crippen molar-refractivity contribution in [2.75, 3.05) is 13.4 Å². The van der Waals surface area contributed by atoms with Gasteiger partial charge in [-0.25, -0.2) is 4.79 Å². The average Bonchev–Trinajstić information content (AvgIpc) is 3.01. The monoisotopic (exact) mass is 297 g/mol. The van der Waals surface area contributed by atoms with Gasteiger partial charge in [-0.2, -0.15) is 5.26 Å². The largest absolute Gasteiger partial charge is 0.481 e. The summed E-state index contributed by atoms with van der Waals surface area (Å²) in [7, 11) is 0. The Morgan fingerprint density at radius 2 is 2.00 bits per heavy atom. The SMILES string of the molecule is N#Cc1ccccc1OCC(=O)Oc1ccc2c(c1)OCO2. The fourth-order valence-corrected chi connectivity index (χ4v) is 1.92. The molecule has 1 aliphatic heterocycles. The van der Waals surface area contributed by atoms with Crippen LogP contribution in [0, 0.1) is 11.3 Å². The Balaban J connectivity index is 1.60. The summed E-state index contributed by atoms with van der Waals surface area (Å²) in [5.74, 6) is 1.24. The minimum atomic E-state index is -0.577. The molecule has 0 aliphatic carbocycles. The molecule has 0 saturated heterocycles. The zero-order valence-electron chi connectivity index (χ0n) is 11.4. The van der Waals surface area contributed by atoms with E-state index in [1.165, 1.54) is 0 Å². The Morgan fingerprint density at radius 1 is 1.18 bits per heavy atom. The van der Waals surface area contributed by atoms with Crippen LogP contribution in [-0.2, 0) is 4.79 Å². The number of benzene rings is 2. The van der Waals surface area contributed by atoms with Crippen LogP contribution in [0.5, 0.6) is 23.0 Å². The highest BCUT2D eigenvalue weighted by Gasteiger charge is 2.15. The van der Waals surface area contributed by atoms with Gasteiger partial charge in [0.15, 0.2) is 18.1 Å². The smallest absolute Gasteiger partial charge is 0.349 e. The van der Waals surface area contributed by atoms with Crippen LogP contribution >= 0.6 is 0 Å². The summed E-state index contributed by atoms with van der Waals surface area (Å²) in [6.45, 7) is -0.145. The van der Waals surface area contributed by atoms with E-state index in [0.717, 1.165) is 0 Å². The number of carbonyl (C=O) groups excluding carboxylic acids is 1. The number of nitriles is 1. The standard InChI is InChI=1S/C16H11NO5/c17-8-11-3-1-2-4-13(11)19-9-16(18)22-12-5-6-14-15(7-12)21-10-20-14/h1-7H,9-10H2. The van der Waals surface area contributed by atoms with E-state index in [1.807, 2.05) is 6.07 Å². The third-order valence-electron chi connectivity index (χ3n) is 2.93. The zero-order chi connectivity index (χ0) is 15.4. The van der Waals surface area contributed by atoms with Crippen molar-refractivity contribution in [3.63, 3.8) is 0 Å². The maximum atomic E-state index is 11.8. The highest BCUT2D eigenvalue weighted by molar-refractivity contribution is 5.74. The van der Waals surface area contributed by atoms with Crippen molar-refractivity contribution >= 4 is 5.97 Å². The maximum Gasteiger partial charge on any atom is 0.349 e. The molecule has 0 amide bonds. The summed E-state index contributed by atoms with van der Waals surface area (Å²) in [5, 5.41) is 8.94. The van der Waals surface area contributed by atoms with E-state index in [2.05, 4.69) is 0 Å². The lowest BCUT2D eigenvalue weighted by Crippen LogP contribution is -2.18.